The maximum atomic E-state index is 3.55. The van der Waals surface area contributed by atoms with Crippen molar-refractivity contribution in [3.05, 3.63) is 28.2 Å². The molecular formula is C13H19BrN2. The Balaban J connectivity index is 2.18. The van der Waals surface area contributed by atoms with E-state index in [9.17, 15) is 0 Å². The molecule has 0 aromatic heterocycles. The summed E-state index contributed by atoms with van der Waals surface area (Å²) in [7, 11) is 2.02. The van der Waals surface area contributed by atoms with Gasteiger partial charge in [-0.15, -0.1) is 0 Å². The lowest BCUT2D eigenvalue weighted by Crippen LogP contribution is -2.33. The Morgan fingerprint density at radius 1 is 1.50 bits per heavy atom. The summed E-state index contributed by atoms with van der Waals surface area (Å²) in [5, 5.41) is 3.24. The number of halogens is 1. The van der Waals surface area contributed by atoms with Crippen LogP contribution in [-0.2, 0) is 6.42 Å². The van der Waals surface area contributed by atoms with E-state index >= 15 is 0 Å². The van der Waals surface area contributed by atoms with Gasteiger partial charge < -0.3 is 10.2 Å². The molecule has 88 valence electrons. The molecule has 1 aromatic rings. The van der Waals surface area contributed by atoms with E-state index in [0.717, 1.165) is 13.1 Å². The lowest BCUT2D eigenvalue weighted by Gasteiger charge is -2.26. The monoisotopic (exact) mass is 282 g/mol. The maximum Gasteiger partial charge on any atom is 0.0402 e. The third-order valence-corrected chi connectivity index (χ3v) is 3.81. The van der Waals surface area contributed by atoms with Gasteiger partial charge in [0.25, 0.3) is 0 Å². The number of anilines is 1. The summed E-state index contributed by atoms with van der Waals surface area (Å²) in [5.74, 6) is 0. The summed E-state index contributed by atoms with van der Waals surface area (Å²) in [6.07, 6.45) is 2.40. The minimum absolute atomic E-state index is 0.668. The summed E-state index contributed by atoms with van der Waals surface area (Å²) in [6, 6.07) is 7.31. The largest absolute Gasteiger partial charge is 0.368 e. The van der Waals surface area contributed by atoms with Crippen LogP contribution in [0.2, 0.25) is 0 Å². The van der Waals surface area contributed by atoms with E-state index in [-0.39, 0.29) is 0 Å². The van der Waals surface area contributed by atoms with Crippen molar-refractivity contribution < 1.29 is 0 Å². The molecule has 0 saturated carbocycles. The van der Waals surface area contributed by atoms with Crippen molar-refractivity contribution in [2.24, 2.45) is 0 Å². The van der Waals surface area contributed by atoms with Crippen LogP contribution in [0.3, 0.4) is 0 Å². The summed E-state index contributed by atoms with van der Waals surface area (Å²) < 4.78 is 1.19. The molecule has 3 heteroatoms. The van der Waals surface area contributed by atoms with Gasteiger partial charge in [-0.25, -0.2) is 0 Å². The Hall–Kier alpha value is -0.540. The zero-order valence-corrected chi connectivity index (χ0v) is 11.5. The fraction of sp³-hybridized carbons (Fsp3) is 0.538. The topological polar surface area (TPSA) is 15.3 Å². The van der Waals surface area contributed by atoms with E-state index in [2.05, 4.69) is 51.3 Å². The second-order valence-corrected chi connectivity index (χ2v) is 5.22. The van der Waals surface area contributed by atoms with Crippen molar-refractivity contribution in [2.75, 3.05) is 25.0 Å². The van der Waals surface area contributed by atoms with Gasteiger partial charge in [-0.1, -0.05) is 15.9 Å². The third kappa shape index (κ3) is 2.25. The van der Waals surface area contributed by atoms with E-state index in [0.29, 0.717) is 6.04 Å². The SMILES string of the molecule is CCN1c2ccc(Br)cc2CC1CCNC. The average molecular weight is 283 g/mol. The van der Waals surface area contributed by atoms with Crippen LogP contribution in [0.15, 0.2) is 22.7 Å². The number of hydrogen-bond acceptors (Lipinski definition) is 2. The molecule has 0 saturated heterocycles. The second-order valence-electron chi connectivity index (χ2n) is 4.31. The van der Waals surface area contributed by atoms with Gasteiger partial charge in [0.05, 0.1) is 0 Å². The Morgan fingerprint density at radius 3 is 3.00 bits per heavy atom. The van der Waals surface area contributed by atoms with Crippen molar-refractivity contribution in [2.45, 2.75) is 25.8 Å². The zero-order valence-electron chi connectivity index (χ0n) is 9.96. The standard InChI is InChI=1S/C13H19BrN2/c1-3-16-12(6-7-15-2)9-10-8-11(14)4-5-13(10)16/h4-5,8,12,15H,3,6-7,9H2,1-2H3. The number of likely N-dealkylation sites (N-methyl/N-ethyl adjacent to an activating group) is 1. The van der Waals surface area contributed by atoms with Gasteiger partial charge in [0, 0.05) is 22.7 Å². The van der Waals surface area contributed by atoms with Crippen LogP contribution in [0.1, 0.15) is 18.9 Å². The minimum atomic E-state index is 0.668. The second kappa shape index (κ2) is 5.19. The average Bonchev–Trinajstić information content (AvgIpc) is 2.62. The van der Waals surface area contributed by atoms with E-state index in [1.165, 1.54) is 28.6 Å². The molecule has 2 rings (SSSR count). The number of nitrogens with zero attached hydrogens (tertiary/aromatic N) is 1. The Bertz CT molecular complexity index is 365. The van der Waals surface area contributed by atoms with E-state index < -0.39 is 0 Å². The van der Waals surface area contributed by atoms with Gasteiger partial charge in [0.15, 0.2) is 0 Å². The van der Waals surface area contributed by atoms with Crippen molar-refractivity contribution in [3.8, 4) is 0 Å². The zero-order chi connectivity index (χ0) is 11.5. The van der Waals surface area contributed by atoms with Crippen LogP contribution in [0.4, 0.5) is 5.69 Å². The van der Waals surface area contributed by atoms with Gasteiger partial charge in [0.2, 0.25) is 0 Å². The summed E-state index contributed by atoms with van der Waals surface area (Å²) in [4.78, 5) is 2.53. The quantitative estimate of drug-likeness (QED) is 0.914. The van der Waals surface area contributed by atoms with E-state index in [1.807, 2.05) is 7.05 Å². The number of hydrogen-bond donors (Lipinski definition) is 1. The van der Waals surface area contributed by atoms with Crippen LogP contribution in [0.5, 0.6) is 0 Å². The highest BCUT2D eigenvalue weighted by molar-refractivity contribution is 9.10. The molecule has 16 heavy (non-hydrogen) atoms. The highest BCUT2D eigenvalue weighted by Gasteiger charge is 2.27. The molecule has 0 radical (unpaired) electrons. The third-order valence-electron chi connectivity index (χ3n) is 3.32. The van der Waals surface area contributed by atoms with Gasteiger partial charge in [-0.3, -0.25) is 0 Å². The Labute approximate surface area is 106 Å². The predicted molar refractivity (Wildman–Crippen MR) is 73.2 cm³/mol. The van der Waals surface area contributed by atoms with Gasteiger partial charge in [-0.2, -0.15) is 0 Å². The first-order valence-corrected chi connectivity index (χ1v) is 6.75. The number of nitrogens with one attached hydrogen (secondary N) is 1. The summed E-state index contributed by atoms with van der Waals surface area (Å²) >= 11 is 3.55. The fourth-order valence-corrected chi connectivity index (χ4v) is 2.96. The van der Waals surface area contributed by atoms with Crippen LogP contribution in [-0.4, -0.2) is 26.2 Å². The highest BCUT2D eigenvalue weighted by atomic mass is 79.9. The number of rotatable bonds is 4. The molecule has 1 heterocycles. The molecule has 1 N–H and O–H groups in total. The molecule has 0 spiro atoms. The molecule has 0 fully saturated rings. The van der Waals surface area contributed by atoms with Gasteiger partial charge in [0.1, 0.15) is 0 Å². The molecule has 0 amide bonds. The van der Waals surface area contributed by atoms with E-state index in [4.69, 9.17) is 0 Å². The first-order chi connectivity index (χ1) is 7.76. The lowest BCUT2D eigenvalue weighted by atomic mass is 10.1. The first-order valence-electron chi connectivity index (χ1n) is 5.96. The smallest absolute Gasteiger partial charge is 0.0402 e. The normalized spacial score (nSPS) is 18.9. The maximum absolute atomic E-state index is 3.55. The molecule has 0 bridgehead atoms. The minimum Gasteiger partial charge on any atom is -0.368 e. The van der Waals surface area contributed by atoms with Crippen molar-refractivity contribution in [1.29, 1.82) is 0 Å². The highest BCUT2D eigenvalue weighted by Crippen LogP contribution is 2.34. The molecule has 1 aliphatic rings. The Kier molecular flexibility index (Phi) is 3.87. The van der Waals surface area contributed by atoms with Gasteiger partial charge in [-0.05, 0) is 57.1 Å². The first kappa shape index (κ1) is 11.9. The number of benzene rings is 1. The summed E-state index contributed by atoms with van der Waals surface area (Å²) in [6.45, 7) is 4.43. The molecule has 1 aliphatic heterocycles. The van der Waals surface area contributed by atoms with Crippen LogP contribution >= 0.6 is 15.9 Å². The van der Waals surface area contributed by atoms with Crippen LogP contribution < -0.4 is 10.2 Å². The van der Waals surface area contributed by atoms with Crippen LogP contribution in [0.25, 0.3) is 0 Å². The molecule has 1 aromatic carbocycles. The predicted octanol–water partition coefficient (Wildman–Crippen LogP) is 2.81. The van der Waals surface area contributed by atoms with Crippen LogP contribution in [0, 0.1) is 0 Å². The molecule has 0 aliphatic carbocycles. The molecular weight excluding hydrogens is 264 g/mol. The Morgan fingerprint density at radius 2 is 2.31 bits per heavy atom. The molecule has 1 unspecified atom stereocenters. The van der Waals surface area contributed by atoms with E-state index in [1.54, 1.807) is 0 Å². The van der Waals surface area contributed by atoms with Gasteiger partial charge >= 0.3 is 0 Å². The number of fused-ring (bicyclic) bond motifs is 1. The van der Waals surface area contributed by atoms with Crippen molar-refractivity contribution in [3.63, 3.8) is 0 Å². The molecule has 1 atom stereocenters. The van der Waals surface area contributed by atoms with Crippen molar-refractivity contribution >= 4 is 21.6 Å². The fourth-order valence-electron chi connectivity index (χ4n) is 2.56. The lowest BCUT2D eigenvalue weighted by molar-refractivity contribution is 0.566. The summed E-state index contributed by atoms with van der Waals surface area (Å²) in [5.41, 5.74) is 2.91. The van der Waals surface area contributed by atoms with Crippen molar-refractivity contribution in [1.82, 2.24) is 5.32 Å². The molecule has 2 nitrogen and oxygen atoms in total.